The largest absolute Gasteiger partial charge is 0.468 e. The van der Waals surface area contributed by atoms with Crippen LogP contribution < -0.4 is 5.32 Å². The van der Waals surface area contributed by atoms with Crippen molar-refractivity contribution in [1.82, 2.24) is 5.32 Å². The first kappa shape index (κ1) is 11.4. The molecule has 72 valence electrons. The summed E-state index contributed by atoms with van der Waals surface area (Å²) in [7, 11) is 3.07. The quantitative estimate of drug-likeness (QED) is 0.462. The molecule has 0 aliphatic heterocycles. The smallest absolute Gasteiger partial charge is 0.325 e. The highest BCUT2D eigenvalue weighted by molar-refractivity contribution is 5.75. The molecule has 1 N–H and O–H groups in total. The minimum Gasteiger partial charge on any atom is -0.468 e. The van der Waals surface area contributed by atoms with Gasteiger partial charge < -0.3 is 14.8 Å². The lowest BCUT2D eigenvalue weighted by Crippen LogP contribution is -2.39. The van der Waals surface area contributed by atoms with Gasteiger partial charge in [0.15, 0.2) is 0 Å². The lowest BCUT2D eigenvalue weighted by atomic mass is 10.3. The standard InChI is InChI=1S/C8H17NO3/c1-4-5-12-6-7(9-2)8(10)11-3/h7,9H,4-6H2,1-3H3. The first-order chi connectivity index (χ1) is 5.76. The summed E-state index contributed by atoms with van der Waals surface area (Å²) in [5, 5.41) is 2.81. The zero-order chi connectivity index (χ0) is 9.40. The van der Waals surface area contributed by atoms with Gasteiger partial charge in [-0.15, -0.1) is 0 Å². The van der Waals surface area contributed by atoms with E-state index in [2.05, 4.69) is 10.1 Å². The van der Waals surface area contributed by atoms with E-state index in [0.717, 1.165) is 6.42 Å². The van der Waals surface area contributed by atoms with Gasteiger partial charge in [0.25, 0.3) is 0 Å². The fourth-order valence-corrected chi connectivity index (χ4v) is 0.757. The normalized spacial score (nSPS) is 12.6. The molecule has 0 radical (unpaired) electrons. The molecule has 0 saturated carbocycles. The van der Waals surface area contributed by atoms with Crippen molar-refractivity contribution in [3.05, 3.63) is 0 Å². The summed E-state index contributed by atoms with van der Waals surface area (Å²) in [4.78, 5) is 11.0. The van der Waals surface area contributed by atoms with Crippen LogP contribution in [-0.2, 0) is 14.3 Å². The molecule has 4 nitrogen and oxygen atoms in total. The first-order valence-corrected chi connectivity index (χ1v) is 4.09. The van der Waals surface area contributed by atoms with Crippen molar-refractivity contribution in [2.75, 3.05) is 27.4 Å². The van der Waals surface area contributed by atoms with Crippen LogP contribution >= 0.6 is 0 Å². The van der Waals surface area contributed by atoms with Crippen molar-refractivity contribution in [3.8, 4) is 0 Å². The van der Waals surface area contributed by atoms with Crippen LogP contribution in [0.15, 0.2) is 0 Å². The number of likely N-dealkylation sites (N-methyl/N-ethyl adjacent to an activating group) is 1. The highest BCUT2D eigenvalue weighted by atomic mass is 16.5. The van der Waals surface area contributed by atoms with Crippen molar-refractivity contribution in [2.45, 2.75) is 19.4 Å². The van der Waals surface area contributed by atoms with Crippen molar-refractivity contribution in [1.29, 1.82) is 0 Å². The Morgan fingerprint density at radius 2 is 2.25 bits per heavy atom. The summed E-state index contributed by atoms with van der Waals surface area (Å²) >= 11 is 0. The van der Waals surface area contributed by atoms with Gasteiger partial charge in [-0.25, -0.2) is 0 Å². The molecule has 12 heavy (non-hydrogen) atoms. The van der Waals surface area contributed by atoms with Gasteiger partial charge in [0.05, 0.1) is 13.7 Å². The van der Waals surface area contributed by atoms with Gasteiger partial charge in [-0.3, -0.25) is 4.79 Å². The zero-order valence-electron chi connectivity index (χ0n) is 7.92. The molecule has 0 aromatic carbocycles. The van der Waals surface area contributed by atoms with Gasteiger partial charge in [0.2, 0.25) is 0 Å². The highest BCUT2D eigenvalue weighted by Gasteiger charge is 2.15. The van der Waals surface area contributed by atoms with Crippen LogP contribution in [0.3, 0.4) is 0 Å². The van der Waals surface area contributed by atoms with Gasteiger partial charge in [0.1, 0.15) is 6.04 Å². The van der Waals surface area contributed by atoms with Crippen molar-refractivity contribution >= 4 is 5.97 Å². The number of rotatable bonds is 6. The molecule has 0 aliphatic rings. The van der Waals surface area contributed by atoms with E-state index in [1.165, 1.54) is 7.11 Å². The third-order valence-electron chi connectivity index (χ3n) is 1.47. The highest BCUT2D eigenvalue weighted by Crippen LogP contribution is 1.90. The topological polar surface area (TPSA) is 47.6 Å². The molecule has 1 unspecified atom stereocenters. The number of nitrogens with one attached hydrogen (secondary N) is 1. The second-order valence-electron chi connectivity index (χ2n) is 2.44. The molecule has 4 heteroatoms. The molecule has 0 spiro atoms. The number of carbonyl (C=O) groups is 1. The first-order valence-electron chi connectivity index (χ1n) is 4.09. The van der Waals surface area contributed by atoms with E-state index in [1.54, 1.807) is 7.05 Å². The second kappa shape index (κ2) is 7.06. The van der Waals surface area contributed by atoms with Crippen LogP contribution in [-0.4, -0.2) is 39.4 Å². The Kier molecular flexibility index (Phi) is 6.70. The van der Waals surface area contributed by atoms with Crippen molar-refractivity contribution in [3.63, 3.8) is 0 Å². The SMILES string of the molecule is CCCOCC(NC)C(=O)OC. The maximum atomic E-state index is 11.0. The molecule has 0 amide bonds. The summed E-state index contributed by atoms with van der Waals surface area (Å²) < 4.78 is 9.75. The predicted octanol–water partition coefficient (Wildman–Crippen LogP) is 0.174. The average molecular weight is 175 g/mol. The van der Waals surface area contributed by atoms with Gasteiger partial charge in [0, 0.05) is 6.61 Å². The fourth-order valence-electron chi connectivity index (χ4n) is 0.757. The summed E-state index contributed by atoms with van der Waals surface area (Å²) in [6.07, 6.45) is 0.956. The minimum atomic E-state index is -0.346. The average Bonchev–Trinajstić information content (AvgIpc) is 2.11. The number of ether oxygens (including phenoxy) is 2. The van der Waals surface area contributed by atoms with E-state index in [4.69, 9.17) is 4.74 Å². The van der Waals surface area contributed by atoms with Crippen LogP contribution in [0.5, 0.6) is 0 Å². The third-order valence-corrected chi connectivity index (χ3v) is 1.47. The Balaban J connectivity index is 3.60. The number of methoxy groups -OCH3 is 1. The van der Waals surface area contributed by atoms with Crippen LogP contribution in [0.2, 0.25) is 0 Å². The summed E-state index contributed by atoms with van der Waals surface area (Å²) in [5.41, 5.74) is 0. The number of esters is 1. The van der Waals surface area contributed by atoms with Crippen molar-refractivity contribution < 1.29 is 14.3 Å². The van der Waals surface area contributed by atoms with E-state index in [0.29, 0.717) is 13.2 Å². The summed E-state index contributed by atoms with van der Waals surface area (Å²) in [6, 6.07) is -0.346. The van der Waals surface area contributed by atoms with Crippen molar-refractivity contribution in [2.24, 2.45) is 0 Å². The van der Waals surface area contributed by atoms with Crippen LogP contribution in [0.1, 0.15) is 13.3 Å². The van der Waals surface area contributed by atoms with Crippen LogP contribution in [0.4, 0.5) is 0 Å². The van der Waals surface area contributed by atoms with Gasteiger partial charge in [-0.2, -0.15) is 0 Å². The minimum absolute atomic E-state index is 0.284. The molecule has 0 fully saturated rings. The van der Waals surface area contributed by atoms with E-state index in [-0.39, 0.29) is 12.0 Å². The molecule has 0 aliphatic carbocycles. The Morgan fingerprint density at radius 1 is 1.58 bits per heavy atom. The van der Waals surface area contributed by atoms with E-state index in [1.807, 2.05) is 6.92 Å². The lowest BCUT2D eigenvalue weighted by molar-refractivity contribution is -0.144. The maximum absolute atomic E-state index is 11.0. The molecule has 0 saturated heterocycles. The van der Waals surface area contributed by atoms with Gasteiger partial charge in [-0.05, 0) is 13.5 Å². The Hall–Kier alpha value is -0.610. The Labute approximate surface area is 73.2 Å². The fraction of sp³-hybridized carbons (Fsp3) is 0.875. The predicted molar refractivity (Wildman–Crippen MR) is 46.0 cm³/mol. The lowest BCUT2D eigenvalue weighted by Gasteiger charge is -2.12. The third kappa shape index (κ3) is 4.31. The molecule has 1 atom stereocenters. The molecule has 0 bridgehead atoms. The zero-order valence-corrected chi connectivity index (χ0v) is 7.92. The van der Waals surface area contributed by atoms with Gasteiger partial charge in [-0.1, -0.05) is 6.92 Å². The maximum Gasteiger partial charge on any atom is 0.325 e. The molecule has 0 aromatic heterocycles. The molecule has 0 rings (SSSR count). The van der Waals surface area contributed by atoms with E-state index >= 15 is 0 Å². The summed E-state index contributed by atoms with van der Waals surface area (Å²) in [5.74, 6) is -0.284. The molecular weight excluding hydrogens is 158 g/mol. The second-order valence-corrected chi connectivity index (χ2v) is 2.44. The Morgan fingerprint density at radius 3 is 2.67 bits per heavy atom. The molecule has 0 heterocycles. The molecular formula is C8H17NO3. The monoisotopic (exact) mass is 175 g/mol. The van der Waals surface area contributed by atoms with Gasteiger partial charge >= 0.3 is 5.97 Å². The Bertz CT molecular complexity index is 127. The number of carbonyl (C=O) groups excluding carboxylic acids is 1. The molecule has 0 aromatic rings. The number of hydrogen-bond acceptors (Lipinski definition) is 4. The van der Waals surface area contributed by atoms with Crippen LogP contribution in [0.25, 0.3) is 0 Å². The summed E-state index contributed by atoms with van der Waals surface area (Å²) in [6.45, 7) is 3.07. The van der Waals surface area contributed by atoms with E-state index < -0.39 is 0 Å². The van der Waals surface area contributed by atoms with E-state index in [9.17, 15) is 4.79 Å². The van der Waals surface area contributed by atoms with Crippen LogP contribution in [0, 0.1) is 0 Å². The number of hydrogen-bond donors (Lipinski definition) is 1.